The molecule has 0 spiro atoms. The molecular weight excluding hydrogens is 234 g/mol. The van der Waals surface area contributed by atoms with Gasteiger partial charge in [-0.1, -0.05) is 71.1 Å². The average Bonchev–Trinajstić information content (AvgIpc) is 2.41. The standard InChI is InChI=1S/C16H37N3/c1-2-3-4-5-6-7-8-9-10-11-12-16(18)15-19-14-13-17/h16,19H,2-15,17-18H2,1H3. The summed E-state index contributed by atoms with van der Waals surface area (Å²) in [6, 6.07) is 0.306. The molecule has 0 saturated carbocycles. The Morgan fingerprint density at radius 3 is 1.89 bits per heavy atom. The van der Waals surface area contributed by atoms with E-state index in [1.165, 1.54) is 64.2 Å². The van der Waals surface area contributed by atoms with Crippen molar-refractivity contribution in [3.8, 4) is 0 Å². The summed E-state index contributed by atoms with van der Waals surface area (Å²) in [4.78, 5) is 0. The molecule has 1 unspecified atom stereocenters. The molecule has 3 nitrogen and oxygen atoms in total. The largest absolute Gasteiger partial charge is 0.329 e. The minimum Gasteiger partial charge on any atom is -0.329 e. The van der Waals surface area contributed by atoms with Gasteiger partial charge in [0.1, 0.15) is 0 Å². The Labute approximate surface area is 120 Å². The number of nitrogens with two attached hydrogens (primary N) is 2. The van der Waals surface area contributed by atoms with E-state index in [0.717, 1.165) is 19.5 Å². The minimum atomic E-state index is 0.306. The quantitative estimate of drug-likeness (QED) is 0.401. The summed E-state index contributed by atoms with van der Waals surface area (Å²) in [6.07, 6.45) is 15.1. The highest BCUT2D eigenvalue weighted by Gasteiger charge is 2.01. The van der Waals surface area contributed by atoms with E-state index in [1.54, 1.807) is 0 Å². The second-order valence-electron chi connectivity index (χ2n) is 5.72. The van der Waals surface area contributed by atoms with E-state index < -0.39 is 0 Å². The van der Waals surface area contributed by atoms with Crippen LogP contribution in [-0.2, 0) is 0 Å². The van der Waals surface area contributed by atoms with Crippen molar-refractivity contribution < 1.29 is 0 Å². The molecule has 0 bridgehead atoms. The van der Waals surface area contributed by atoms with Gasteiger partial charge in [0.15, 0.2) is 0 Å². The van der Waals surface area contributed by atoms with E-state index in [1.807, 2.05) is 0 Å². The van der Waals surface area contributed by atoms with E-state index in [2.05, 4.69) is 12.2 Å². The van der Waals surface area contributed by atoms with Crippen LogP contribution in [0.5, 0.6) is 0 Å². The first-order chi connectivity index (χ1) is 9.31. The highest BCUT2D eigenvalue weighted by atomic mass is 14.9. The summed E-state index contributed by atoms with van der Waals surface area (Å²) in [5.74, 6) is 0. The Morgan fingerprint density at radius 2 is 1.37 bits per heavy atom. The lowest BCUT2D eigenvalue weighted by molar-refractivity contribution is 0.500. The third-order valence-corrected chi connectivity index (χ3v) is 3.66. The fourth-order valence-corrected chi connectivity index (χ4v) is 2.39. The number of nitrogens with one attached hydrogen (secondary N) is 1. The Balaban J connectivity index is 3.05. The van der Waals surface area contributed by atoms with E-state index in [0.29, 0.717) is 12.6 Å². The molecule has 1 atom stereocenters. The molecular formula is C16H37N3. The minimum absolute atomic E-state index is 0.306. The van der Waals surface area contributed by atoms with Crippen LogP contribution < -0.4 is 16.8 Å². The highest BCUT2D eigenvalue weighted by Crippen LogP contribution is 2.11. The monoisotopic (exact) mass is 271 g/mol. The van der Waals surface area contributed by atoms with E-state index >= 15 is 0 Å². The summed E-state index contributed by atoms with van der Waals surface area (Å²) in [5.41, 5.74) is 11.4. The zero-order valence-corrected chi connectivity index (χ0v) is 13.1. The van der Waals surface area contributed by atoms with Gasteiger partial charge in [-0.05, 0) is 6.42 Å². The Bertz CT molecular complexity index is 162. The first-order valence-electron chi connectivity index (χ1n) is 8.47. The van der Waals surface area contributed by atoms with Crippen LogP contribution in [0.4, 0.5) is 0 Å². The van der Waals surface area contributed by atoms with Crippen LogP contribution in [-0.4, -0.2) is 25.7 Å². The van der Waals surface area contributed by atoms with Gasteiger partial charge in [0, 0.05) is 25.7 Å². The Morgan fingerprint density at radius 1 is 0.842 bits per heavy atom. The van der Waals surface area contributed by atoms with E-state index in [4.69, 9.17) is 11.5 Å². The second kappa shape index (κ2) is 15.9. The lowest BCUT2D eigenvalue weighted by Gasteiger charge is -2.12. The smallest absolute Gasteiger partial charge is 0.0165 e. The van der Waals surface area contributed by atoms with Gasteiger partial charge in [0.25, 0.3) is 0 Å². The summed E-state index contributed by atoms with van der Waals surface area (Å²) in [7, 11) is 0. The highest BCUT2D eigenvalue weighted by molar-refractivity contribution is 4.64. The molecule has 0 aromatic rings. The van der Waals surface area contributed by atoms with Crippen LogP contribution in [0, 0.1) is 0 Å². The van der Waals surface area contributed by atoms with Crippen molar-refractivity contribution >= 4 is 0 Å². The van der Waals surface area contributed by atoms with Crippen molar-refractivity contribution in [3.05, 3.63) is 0 Å². The molecule has 0 radical (unpaired) electrons. The maximum absolute atomic E-state index is 6.02. The van der Waals surface area contributed by atoms with Crippen molar-refractivity contribution in [2.24, 2.45) is 11.5 Å². The molecule has 19 heavy (non-hydrogen) atoms. The number of hydrogen-bond donors (Lipinski definition) is 3. The first-order valence-corrected chi connectivity index (χ1v) is 8.47. The van der Waals surface area contributed by atoms with Crippen LogP contribution in [0.3, 0.4) is 0 Å². The van der Waals surface area contributed by atoms with Crippen LogP contribution >= 0.6 is 0 Å². The molecule has 0 rings (SSSR count). The molecule has 0 aromatic carbocycles. The van der Waals surface area contributed by atoms with Gasteiger partial charge in [0.2, 0.25) is 0 Å². The van der Waals surface area contributed by atoms with Gasteiger partial charge >= 0.3 is 0 Å². The predicted octanol–water partition coefficient (Wildman–Crippen LogP) is 3.17. The number of unbranched alkanes of at least 4 members (excludes halogenated alkanes) is 9. The molecule has 0 heterocycles. The topological polar surface area (TPSA) is 64.1 Å². The fraction of sp³-hybridized carbons (Fsp3) is 1.00. The van der Waals surface area contributed by atoms with Gasteiger partial charge in [-0.25, -0.2) is 0 Å². The number of hydrogen-bond acceptors (Lipinski definition) is 3. The second-order valence-corrected chi connectivity index (χ2v) is 5.72. The van der Waals surface area contributed by atoms with E-state index in [-0.39, 0.29) is 0 Å². The summed E-state index contributed by atoms with van der Waals surface area (Å²) < 4.78 is 0. The Hall–Kier alpha value is -0.120. The average molecular weight is 271 g/mol. The summed E-state index contributed by atoms with van der Waals surface area (Å²) in [5, 5.41) is 3.27. The molecule has 0 saturated heterocycles. The van der Waals surface area contributed by atoms with Gasteiger partial charge in [0.05, 0.1) is 0 Å². The van der Waals surface area contributed by atoms with Crippen molar-refractivity contribution in [3.63, 3.8) is 0 Å². The summed E-state index contributed by atoms with van der Waals surface area (Å²) >= 11 is 0. The van der Waals surface area contributed by atoms with Crippen molar-refractivity contribution in [1.29, 1.82) is 0 Å². The normalized spacial score (nSPS) is 12.8. The maximum Gasteiger partial charge on any atom is 0.0165 e. The zero-order valence-electron chi connectivity index (χ0n) is 13.1. The third kappa shape index (κ3) is 15.8. The van der Waals surface area contributed by atoms with Crippen LogP contribution in [0.2, 0.25) is 0 Å². The summed E-state index contributed by atoms with van der Waals surface area (Å²) in [6.45, 7) is 4.77. The molecule has 0 amide bonds. The maximum atomic E-state index is 6.02. The molecule has 3 heteroatoms. The van der Waals surface area contributed by atoms with Crippen LogP contribution in [0.1, 0.15) is 77.6 Å². The van der Waals surface area contributed by atoms with Crippen LogP contribution in [0.15, 0.2) is 0 Å². The molecule has 0 aliphatic carbocycles. The van der Waals surface area contributed by atoms with Crippen molar-refractivity contribution in [2.45, 2.75) is 83.6 Å². The lowest BCUT2D eigenvalue weighted by atomic mass is 10.0. The SMILES string of the molecule is CCCCCCCCCCCCC(N)CNCCN. The van der Waals surface area contributed by atoms with Gasteiger partial charge < -0.3 is 16.8 Å². The van der Waals surface area contributed by atoms with E-state index in [9.17, 15) is 0 Å². The van der Waals surface area contributed by atoms with Crippen LogP contribution in [0.25, 0.3) is 0 Å². The molecule has 5 N–H and O–H groups in total. The molecule has 0 aliphatic rings. The molecule has 0 aromatic heterocycles. The zero-order chi connectivity index (χ0) is 14.2. The predicted molar refractivity (Wildman–Crippen MR) is 86.4 cm³/mol. The Kier molecular flexibility index (Phi) is 15.8. The first kappa shape index (κ1) is 18.9. The molecule has 0 fully saturated rings. The van der Waals surface area contributed by atoms with Gasteiger partial charge in [-0.3, -0.25) is 0 Å². The third-order valence-electron chi connectivity index (χ3n) is 3.66. The van der Waals surface area contributed by atoms with Gasteiger partial charge in [-0.2, -0.15) is 0 Å². The molecule has 0 aliphatic heterocycles. The molecule has 116 valence electrons. The van der Waals surface area contributed by atoms with Crippen molar-refractivity contribution in [2.75, 3.05) is 19.6 Å². The lowest BCUT2D eigenvalue weighted by Crippen LogP contribution is -2.36. The fourth-order valence-electron chi connectivity index (χ4n) is 2.39. The van der Waals surface area contributed by atoms with Gasteiger partial charge in [-0.15, -0.1) is 0 Å². The van der Waals surface area contributed by atoms with Crippen molar-refractivity contribution in [1.82, 2.24) is 5.32 Å². The number of rotatable bonds is 15.